The predicted octanol–water partition coefficient (Wildman–Crippen LogP) is -0.555. The summed E-state index contributed by atoms with van der Waals surface area (Å²) < 4.78 is 27.8. The molecule has 0 radical (unpaired) electrons. The summed E-state index contributed by atoms with van der Waals surface area (Å²) in [6.07, 6.45) is 0. The second-order valence-corrected chi connectivity index (χ2v) is 7.76. The predicted molar refractivity (Wildman–Crippen MR) is 86.0 cm³/mol. The van der Waals surface area contributed by atoms with Crippen molar-refractivity contribution in [1.29, 1.82) is 0 Å². The molecule has 0 bridgehead atoms. The number of aromatic amines is 2. The van der Waals surface area contributed by atoms with E-state index in [0.29, 0.717) is 12.1 Å². The van der Waals surface area contributed by atoms with Crippen LogP contribution >= 0.6 is 0 Å². The highest BCUT2D eigenvalue weighted by molar-refractivity contribution is 7.89. The molecule has 0 amide bonds. The van der Waals surface area contributed by atoms with Crippen LogP contribution in [0, 0.1) is 5.92 Å². The summed E-state index contributed by atoms with van der Waals surface area (Å²) in [7, 11) is -1.80. The highest BCUT2D eigenvalue weighted by Crippen LogP contribution is 2.19. The van der Waals surface area contributed by atoms with E-state index < -0.39 is 21.3 Å². The smallest absolute Gasteiger partial charge is 0.307 e. The maximum absolute atomic E-state index is 12.5. The Kier molecular flexibility index (Phi) is 3.86. The van der Waals surface area contributed by atoms with E-state index >= 15 is 0 Å². The molecule has 8 nitrogen and oxygen atoms in total. The number of rotatable bonds is 3. The Morgan fingerprint density at radius 1 is 1.22 bits per heavy atom. The van der Waals surface area contributed by atoms with Gasteiger partial charge in [-0.2, -0.15) is 0 Å². The van der Waals surface area contributed by atoms with Crippen molar-refractivity contribution in [2.45, 2.75) is 17.9 Å². The van der Waals surface area contributed by atoms with Crippen LogP contribution in [-0.4, -0.2) is 49.5 Å². The summed E-state index contributed by atoms with van der Waals surface area (Å²) in [5.41, 5.74) is -0.944. The summed E-state index contributed by atoms with van der Waals surface area (Å²) in [6, 6.07) is 3.90. The van der Waals surface area contributed by atoms with Gasteiger partial charge in [0.25, 0.3) is 5.56 Å². The van der Waals surface area contributed by atoms with Gasteiger partial charge >= 0.3 is 5.69 Å². The van der Waals surface area contributed by atoms with Crippen molar-refractivity contribution < 1.29 is 8.42 Å². The summed E-state index contributed by atoms with van der Waals surface area (Å²) >= 11 is 0. The number of benzene rings is 1. The lowest BCUT2D eigenvalue weighted by Gasteiger charge is -2.16. The molecule has 3 rings (SSSR count). The van der Waals surface area contributed by atoms with E-state index in [1.165, 1.54) is 18.2 Å². The largest absolute Gasteiger partial charge is 0.326 e. The highest BCUT2D eigenvalue weighted by Gasteiger charge is 2.31. The van der Waals surface area contributed by atoms with Crippen LogP contribution in [0.5, 0.6) is 0 Å². The molecule has 1 saturated heterocycles. The van der Waals surface area contributed by atoms with Gasteiger partial charge in [-0.25, -0.2) is 17.9 Å². The van der Waals surface area contributed by atoms with Crippen LogP contribution in [0.3, 0.4) is 0 Å². The molecule has 124 valence electrons. The van der Waals surface area contributed by atoms with Gasteiger partial charge in [0.05, 0.1) is 15.8 Å². The SMILES string of the molecule is C[C@@H]1CN(C)C[C@@H]1NS(=O)(=O)c1ccc2[nH]c(=O)[nH]c(=O)c2c1. The summed E-state index contributed by atoms with van der Waals surface area (Å²) in [5, 5.41) is 0.129. The van der Waals surface area contributed by atoms with E-state index in [4.69, 9.17) is 0 Å². The molecule has 1 aromatic heterocycles. The Balaban J connectivity index is 1.98. The maximum Gasteiger partial charge on any atom is 0.326 e. The Morgan fingerprint density at radius 2 is 1.96 bits per heavy atom. The molecule has 0 saturated carbocycles. The highest BCUT2D eigenvalue weighted by atomic mass is 32.2. The number of nitrogens with zero attached hydrogens (tertiary/aromatic N) is 1. The number of sulfonamides is 1. The van der Waals surface area contributed by atoms with Gasteiger partial charge in [-0.1, -0.05) is 6.92 Å². The molecule has 1 fully saturated rings. The van der Waals surface area contributed by atoms with Crippen molar-refractivity contribution in [2.75, 3.05) is 20.1 Å². The van der Waals surface area contributed by atoms with Crippen LogP contribution in [-0.2, 0) is 10.0 Å². The molecule has 2 atom stereocenters. The molecule has 2 aromatic rings. The van der Waals surface area contributed by atoms with E-state index in [9.17, 15) is 18.0 Å². The minimum atomic E-state index is -3.74. The standard InChI is InChI=1S/C14H18N4O4S/c1-8-6-18(2)7-12(8)17-23(21,22)9-3-4-11-10(5-9)13(19)16-14(20)15-11/h3-5,8,12,17H,6-7H2,1-2H3,(H2,15,16,19,20)/t8-,12+/m1/s1. The molecule has 0 spiro atoms. The number of aromatic nitrogens is 2. The van der Waals surface area contributed by atoms with E-state index in [-0.39, 0.29) is 22.2 Å². The number of hydrogen-bond donors (Lipinski definition) is 3. The third-order valence-electron chi connectivity index (χ3n) is 4.12. The van der Waals surface area contributed by atoms with Crippen molar-refractivity contribution in [3.63, 3.8) is 0 Å². The molecule has 9 heteroatoms. The quantitative estimate of drug-likeness (QED) is 0.694. The number of H-pyrrole nitrogens is 2. The zero-order chi connectivity index (χ0) is 16.8. The molecule has 1 aliphatic heterocycles. The van der Waals surface area contributed by atoms with Gasteiger partial charge < -0.3 is 9.88 Å². The molecule has 23 heavy (non-hydrogen) atoms. The lowest BCUT2D eigenvalue weighted by Crippen LogP contribution is -2.39. The fraction of sp³-hybridized carbons (Fsp3) is 0.429. The van der Waals surface area contributed by atoms with Crippen LogP contribution < -0.4 is 16.0 Å². The van der Waals surface area contributed by atoms with Crippen LogP contribution in [0.4, 0.5) is 0 Å². The fourth-order valence-corrected chi connectivity index (χ4v) is 4.30. The lowest BCUT2D eigenvalue weighted by atomic mass is 10.1. The van der Waals surface area contributed by atoms with Gasteiger partial charge in [0.1, 0.15) is 0 Å². The van der Waals surface area contributed by atoms with Crippen molar-refractivity contribution in [3.8, 4) is 0 Å². The summed E-state index contributed by atoms with van der Waals surface area (Å²) in [4.78, 5) is 29.7. The first-order valence-electron chi connectivity index (χ1n) is 7.23. The molecule has 3 N–H and O–H groups in total. The van der Waals surface area contributed by atoms with Crippen LogP contribution in [0.1, 0.15) is 6.92 Å². The maximum atomic E-state index is 12.5. The second kappa shape index (κ2) is 5.59. The molecule has 2 heterocycles. The minimum absolute atomic E-state index is 0.00398. The average Bonchev–Trinajstić information content (AvgIpc) is 2.75. The van der Waals surface area contributed by atoms with Crippen LogP contribution in [0.15, 0.2) is 32.7 Å². The monoisotopic (exact) mass is 338 g/mol. The van der Waals surface area contributed by atoms with Crippen LogP contribution in [0.2, 0.25) is 0 Å². The van der Waals surface area contributed by atoms with Crippen molar-refractivity contribution in [2.24, 2.45) is 5.92 Å². The lowest BCUT2D eigenvalue weighted by molar-refractivity contribution is 0.400. The van der Waals surface area contributed by atoms with E-state index in [1.807, 2.05) is 14.0 Å². The normalized spacial score (nSPS) is 22.7. The molecule has 0 unspecified atom stereocenters. The third kappa shape index (κ3) is 3.07. The first-order valence-corrected chi connectivity index (χ1v) is 8.72. The third-order valence-corrected chi connectivity index (χ3v) is 5.61. The first kappa shape index (κ1) is 15.9. The van der Waals surface area contributed by atoms with Crippen LogP contribution in [0.25, 0.3) is 10.9 Å². The van der Waals surface area contributed by atoms with E-state index in [0.717, 1.165) is 6.54 Å². The molecule has 0 aliphatic carbocycles. The van der Waals surface area contributed by atoms with Crippen molar-refractivity contribution >= 4 is 20.9 Å². The Hall–Kier alpha value is -1.97. The van der Waals surface area contributed by atoms with Gasteiger partial charge in [-0.15, -0.1) is 0 Å². The van der Waals surface area contributed by atoms with E-state index in [2.05, 4.69) is 19.6 Å². The molecular weight excluding hydrogens is 320 g/mol. The summed E-state index contributed by atoms with van der Waals surface area (Å²) in [6.45, 7) is 3.46. The van der Waals surface area contributed by atoms with Gasteiger partial charge in [-0.05, 0) is 31.2 Å². The van der Waals surface area contributed by atoms with Gasteiger partial charge in [0.2, 0.25) is 10.0 Å². The van der Waals surface area contributed by atoms with Gasteiger partial charge in [-0.3, -0.25) is 9.78 Å². The number of likely N-dealkylation sites (N-methyl/N-ethyl adjacent to an activating group) is 1. The summed E-state index contributed by atoms with van der Waals surface area (Å²) in [5.74, 6) is 0.204. The first-order chi connectivity index (χ1) is 10.8. The number of nitrogens with one attached hydrogen (secondary N) is 3. The van der Waals surface area contributed by atoms with Crippen molar-refractivity contribution in [3.05, 3.63) is 39.0 Å². The average molecular weight is 338 g/mol. The fourth-order valence-electron chi connectivity index (χ4n) is 2.94. The zero-order valence-electron chi connectivity index (χ0n) is 12.8. The van der Waals surface area contributed by atoms with E-state index in [1.54, 1.807) is 0 Å². The second-order valence-electron chi connectivity index (χ2n) is 6.04. The Bertz CT molecular complexity index is 963. The molecular formula is C14H18N4O4S. The van der Waals surface area contributed by atoms with Gasteiger partial charge in [0, 0.05) is 19.1 Å². The number of hydrogen-bond acceptors (Lipinski definition) is 5. The molecule has 1 aliphatic rings. The topological polar surface area (TPSA) is 115 Å². The number of fused-ring (bicyclic) bond motifs is 1. The Morgan fingerprint density at radius 3 is 2.61 bits per heavy atom. The Labute approximate surface area is 132 Å². The van der Waals surface area contributed by atoms with Gasteiger partial charge in [0.15, 0.2) is 0 Å². The minimum Gasteiger partial charge on any atom is -0.307 e. The molecule has 1 aromatic carbocycles. The van der Waals surface area contributed by atoms with Crippen molar-refractivity contribution in [1.82, 2.24) is 19.6 Å². The zero-order valence-corrected chi connectivity index (χ0v) is 13.6. The number of likely N-dealkylation sites (tertiary alicyclic amines) is 1.